The number of hydrogen-bond donors (Lipinski definition) is 1. The van der Waals surface area contributed by atoms with Crippen molar-refractivity contribution in [2.45, 2.75) is 31.1 Å². The van der Waals surface area contributed by atoms with Gasteiger partial charge >= 0.3 is 0 Å². The molecule has 1 saturated heterocycles. The van der Waals surface area contributed by atoms with Crippen LogP contribution in [-0.4, -0.2) is 17.0 Å². The first-order valence-electron chi connectivity index (χ1n) is 5.77. The summed E-state index contributed by atoms with van der Waals surface area (Å²) in [5.41, 5.74) is 1.15. The second kappa shape index (κ2) is 5.19. The Kier molecular flexibility index (Phi) is 3.87. The summed E-state index contributed by atoms with van der Waals surface area (Å²) in [5.74, 6) is 1.12. The van der Waals surface area contributed by atoms with Crippen LogP contribution in [0.2, 0.25) is 0 Å². The van der Waals surface area contributed by atoms with Gasteiger partial charge in [0.2, 0.25) is 0 Å². The van der Waals surface area contributed by atoms with Gasteiger partial charge in [-0.15, -0.1) is 0 Å². The number of thioether (sulfide) groups is 1. The van der Waals surface area contributed by atoms with Crippen LogP contribution in [0.25, 0.3) is 0 Å². The maximum absolute atomic E-state index is 12.7. The molecule has 0 saturated carbocycles. The highest BCUT2D eigenvalue weighted by molar-refractivity contribution is 8.00. The lowest BCUT2D eigenvalue weighted by molar-refractivity contribution is 0.536. The van der Waals surface area contributed by atoms with Crippen molar-refractivity contribution < 1.29 is 4.39 Å². The van der Waals surface area contributed by atoms with Crippen LogP contribution >= 0.6 is 11.8 Å². The van der Waals surface area contributed by atoms with Gasteiger partial charge in [-0.2, -0.15) is 11.8 Å². The number of halogens is 1. The van der Waals surface area contributed by atoms with E-state index < -0.39 is 0 Å². The largest absolute Gasteiger partial charge is 0.311 e. The highest BCUT2D eigenvalue weighted by Gasteiger charge is 2.28. The predicted molar refractivity (Wildman–Crippen MR) is 68.2 cm³/mol. The molecule has 1 unspecified atom stereocenters. The molecule has 1 fully saturated rings. The molecule has 1 N–H and O–H groups in total. The van der Waals surface area contributed by atoms with Gasteiger partial charge in [0.1, 0.15) is 5.82 Å². The molecule has 3 heteroatoms. The fraction of sp³-hybridized carbons (Fsp3) is 0.538. The minimum atomic E-state index is -0.165. The lowest BCUT2D eigenvalue weighted by Crippen LogP contribution is -2.32. The predicted octanol–water partition coefficient (Wildman–Crippen LogP) is 3.20. The van der Waals surface area contributed by atoms with Gasteiger partial charge in [-0.3, -0.25) is 0 Å². The standard InChI is InChI=1S/C13H18FNS/c1-13(7-2-8-16-13)10-15-9-11-3-5-12(14)6-4-11/h3-6,15H,2,7-10H2,1H3. The van der Waals surface area contributed by atoms with E-state index in [0.29, 0.717) is 4.75 Å². The van der Waals surface area contributed by atoms with Crippen molar-refractivity contribution in [3.8, 4) is 0 Å². The smallest absolute Gasteiger partial charge is 0.123 e. The van der Waals surface area contributed by atoms with E-state index in [9.17, 15) is 4.39 Å². The topological polar surface area (TPSA) is 12.0 Å². The fourth-order valence-corrected chi connectivity index (χ4v) is 3.32. The maximum Gasteiger partial charge on any atom is 0.123 e. The zero-order valence-electron chi connectivity index (χ0n) is 9.63. The molecule has 1 atom stereocenters. The third-order valence-corrected chi connectivity index (χ3v) is 4.58. The van der Waals surface area contributed by atoms with E-state index in [1.807, 2.05) is 12.1 Å². The van der Waals surface area contributed by atoms with Crippen molar-refractivity contribution >= 4 is 11.8 Å². The molecule has 0 radical (unpaired) electrons. The molecule has 0 aromatic heterocycles. The Bertz CT molecular complexity index is 330. The van der Waals surface area contributed by atoms with Crippen LogP contribution in [0.3, 0.4) is 0 Å². The molecule has 0 amide bonds. The van der Waals surface area contributed by atoms with E-state index in [1.54, 1.807) is 0 Å². The second-order valence-corrected chi connectivity index (χ2v) is 6.31. The van der Waals surface area contributed by atoms with Gasteiger partial charge in [0.25, 0.3) is 0 Å². The van der Waals surface area contributed by atoms with E-state index in [-0.39, 0.29) is 5.82 Å². The normalized spacial score (nSPS) is 24.9. The first-order chi connectivity index (χ1) is 7.68. The number of rotatable bonds is 4. The quantitative estimate of drug-likeness (QED) is 0.866. The second-order valence-electron chi connectivity index (χ2n) is 4.63. The van der Waals surface area contributed by atoms with E-state index in [0.717, 1.165) is 18.7 Å². The summed E-state index contributed by atoms with van der Waals surface area (Å²) in [5, 5.41) is 3.46. The Hall–Kier alpha value is -0.540. The summed E-state index contributed by atoms with van der Waals surface area (Å²) in [7, 11) is 0. The van der Waals surface area contributed by atoms with Crippen LogP contribution in [-0.2, 0) is 6.54 Å². The molecule has 0 aliphatic carbocycles. The lowest BCUT2D eigenvalue weighted by atomic mass is 10.1. The Morgan fingerprint density at radius 3 is 2.75 bits per heavy atom. The van der Waals surface area contributed by atoms with E-state index in [1.165, 1.54) is 30.7 Å². The zero-order valence-corrected chi connectivity index (χ0v) is 10.4. The van der Waals surface area contributed by atoms with E-state index in [2.05, 4.69) is 24.0 Å². The maximum atomic E-state index is 12.7. The van der Waals surface area contributed by atoms with Crippen LogP contribution in [0.4, 0.5) is 4.39 Å². The van der Waals surface area contributed by atoms with Crippen molar-refractivity contribution in [1.29, 1.82) is 0 Å². The molecule has 0 bridgehead atoms. The summed E-state index contributed by atoms with van der Waals surface area (Å²) in [6, 6.07) is 6.71. The molecule has 1 aromatic carbocycles. The number of benzene rings is 1. The third kappa shape index (κ3) is 3.22. The lowest BCUT2D eigenvalue weighted by Gasteiger charge is -2.22. The molecule has 1 heterocycles. The highest BCUT2D eigenvalue weighted by atomic mass is 32.2. The van der Waals surface area contributed by atoms with Crippen LogP contribution in [0.5, 0.6) is 0 Å². The van der Waals surface area contributed by atoms with Gasteiger partial charge in [-0.05, 0) is 43.2 Å². The molecule has 1 aliphatic rings. The third-order valence-electron chi connectivity index (χ3n) is 3.04. The molecule has 16 heavy (non-hydrogen) atoms. The monoisotopic (exact) mass is 239 g/mol. The highest BCUT2D eigenvalue weighted by Crippen LogP contribution is 2.36. The minimum Gasteiger partial charge on any atom is -0.311 e. The van der Waals surface area contributed by atoms with Crippen LogP contribution in [0.15, 0.2) is 24.3 Å². The average Bonchev–Trinajstić information content (AvgIpc) is 2.69. The van der Waals surface area contributed by atoms with Gasteiger partial charge in [-0.25, -0.2) is 4.39 Å². The number of hydrogen-bond acceptors (Lipinski definition) is 2. The summed E-state index contributed by atoms with van der Waals surface area (Å²) in [6.45, 7) is 4.19. The molecule has 1 nitrogen and oxygen atoms in total. The van der Waals surface area contributed by atoms with E-state index in [4.69, 9.17) is 0 Å². The van der Waals surface area contributed by atoms with Crippen molar-refractivity contribution in [3.63, 3.8) is 0 Å². The molecule has 88 valence electrons. The summed E-state index contributed by atoms with van der Waals surface area (Å²) in [4.78, 5) is 0. The number of nitrogens with one attached hydrogen (secondary N) is 1. The molecular formula is C13H18FNS. The molecular weight excluding hydrogens is 221 g/mol. The van der Waals surface area contributed by atoms with Crippen molar-refractivity contribution in [2.75, 3.05) is 12.3 Å². The molecule has 1 aliphatic heterocycles. The fourth-order valence-electron chi connectivity index (χ4n) is 2.05. The summed E-state index contributed by atoms with van der Waals surface area (Å²) in [6.07, 6.45) is 2.63. The first-order valence-corrected chi connectivity index (χ1v) is 6.76. The van der Waals surface area contributed by atoms with Crippen LogP contribution in [0.1, 0.15) is 25.3 Å². The Labute approximate surface area is 101 Å². The SMILES string of the molecule is CC1(CNCc2ccc(F)cc2)CCCS1. The van der Waals surface area contributed by atoms with Gasteiger partial charge in [-0.1, -0.05) is 12.1 Å². The zero-order chi connectivity index (χ0) is 11.4. The molecule has 0 spiro atoms. The Balaban J connectivity index is 1.77. The van der Waals surface area contributed by atoms with Gasteiger partial charge in [0.05, 0.1) is 0 Å². The summed E-state index contributed by atoms with van der Waals surface area (Å²) < 4.78 is 13.1. The Morgan fingerprint density at radius 1 is 1.38 bits per heavy atom. The van der Waals surface area contributed by atoms with Gasteiger partial charge in [0, 0.05) is 17.8 Å². The van der Waals surface area contributed by atoms with Crippen LogP contribution in [0, 0.1) is 5.82 Å². The van der Waals surface area contributed by atoms with Gasteiger partial charge in [0.15, 0.2) is 0 Å². The van der Waals surface area contributed by atoms with E-state index >= 15 is 0 Å². The molecule has 1 aromatic rings. The first kappa shape index (κ1) is 11.9. The van der Waals surface area contributed by atoms with Crippen molar-refractivity contribution in [1.82, 2.24) is 5.32 Å². The minimum absolute atomic E-state index is 0.165. The van der Waals surface area contributed by atoms with Gasteiger partial charge < -0.3 is 5.32 Å². The summed E-state index contributed by atoms with van der Waals surface area (Å²) >= 11 is 2.06. The van der Waals surface area contributed by atoms with Crippen LogP contribution < -0.4 is 5.32 Å². The van der Waals surface area contributed by atoms with Crippen molar-refractivity contribution in [3.05, 3.63) is 35.6 Å². The van der Waals surface area contributed by atoms with Crippen molar-refractivity contribution in [2.24, 2.45) is 0 Å². The Morgan fingerprint density at radius 2 is 2.12 bits per heavy atom. The average molecular weight is 239 g/mol. The molecule has 2 rings (SSSR count).